The molecule has 0 aromatic carbocycles. The van der Waals surface area contributed by atoms with Gasteiger partial charge < -0.3 is 21.3 Å². The molecule has 0 bridgehead atoms. The molecule has 0 spiro atoms. The SMILES string of the molecule is CC(C)(C)[N-]C(C)(C)C.CC(C)(C)[N-]C(C)(C)C.CC(C)(C)[N-]C(C)(C)C.CC(C)(C)[N-]C(C)(C)C.[Zr+4]. The van der Waals surface area contributed by atoms with E-state index < -0.39 is 0 Å². The third-order valence-electron chi connectivity index (χ3n) is 2.68. The average Bonchev–Trinajstić information content (AvgIpc) is 2.19. The normalized spacial score (nSPS) is 13.6. The zero-order valence-corrected chi connectivity index (χ0v) is 32.7. The van der Waals surface area contributed by atoms with Crippen molar-refractivity contribution in [2.45, 2.75) is 210 Å². The molecular weight excluding hydrogens is 532 g/mol. The molecule has 0 heterocycles. The van der Waals surface area contributed by atoms with E-state index in [0.717, 1.165) is 0 Å². The quantitative estimate of drug-likeness (QED) is 0.264. The largest absolute Gasteiger partial charge is 4.00 e. The van der Waals surface area contributed by atoms with Crippen molar-refractivity contribution >= 4 is 0 Å². The van der Waals surface area contributed by atoms with E-state index in [-0.39, 0.29) is 70.5 Å². The molecule has 0 atom stereocenters. The number of hydrogen-bond donors (Lipinski definition) is 0. The molecule has 0 aromatic heterocycles. The third kappa shape index (κ3) is 72.4. The molecule has 224 valence electrons. The van der Waals surface area contributed by atoms with Crippen molar-refractivity contribution in [1.29, 1.82) is 0 Å². The molecule has 0 amide bonds. The summed E-state index contributed by atoms with van der Waals surface area (Å²) in [6.07, 6.45) is 0. The number of nitrogens with zero attached hydrogens (tertiary/aromatic N) is 4. The van der Waals surface area contributed by atoms with Crippen LogP contribution in [0.5, 0.6) is 0 Å². The molecule has 0 unspecified atom stereocenters. The van der Waals surface area contributed by atoms with E-state index in [2.05, 4.69) is 187 Å². The van der Waals surface area contributed by atoms with Crippen LogP contribution in [0.4, 0.5) is 0 Å². The van der Waals surface area contributed by atoms with Crippen molar-refractivity contribution < 1.29 is 26.2 Å². The maximum atomic E-state index is 4.54. The smallest absolute Gasteiger partial charge is 0.653 e. The fraction of sp³-hybridized carbons (Fsp3) is 1.00. The summed E-state index contributed by atoms with van der Waals surface area (Å²) in [7, 11) is 0. The molecule has 4 nitrogen and oxygen atoms in total. The van der Waals surface area contributed by atoms with Crippen molar-refractivity contribution in [2.75, 3.05) is 0 Å². The van der Waals surface area contributed by atoms with Crippen LogP contribution in [-0.4, -0.2) is 44.3 Å². The van der Waals surface area contributed by atoms with E-state index >= 15 is 0 Å². The van der Waals surface area contributed by atoms with E-state index in [1.165, 1.54) is 0 Å². The van der Waals surface area contributed by atoms with E-state index in [1.54, 1.807) is 0 Å². The van der Waals surface area contributed by atoms with Gasteiger partial charge in [0.1, 0.15) is 0 Å². The van der Waals surface area contributed by atoms with E-state index in [9.17, 15) is 0 Å². The Kier molecular flexibility index (Phi) is 21.6. The molecule has 0 N–H and O–H groups in total. The van der Waals surface area contributed by atoms with Crippen LogP contribution in [0.1, 0.15) is 166 Å². The van der Waals surface area contributed by atoms with Crippen LogP contribution in [0.3, 0.4) is 0 Å². The molecule has 0 radical (unpaired) electrons. The molecule has 37 heavy (non-hydrogen) atoms. The van der Waals surface area contributed by atoms with Crippen LogP contribution >= 0.6 is 0 Å². The number of rotatable bonds is 0. The molecule has 0 aliphatic heterocycles. The molecule has 0 aliphatic carbocycles. The van der Waals surface area contributed by atoms with Crippen LogP contribution in [0, 0.1) is 0 Å². The standard InChI is InChI=1S/4C8H18N.Zr/c4*1-7(2,3)9-8(4,5)6;/h4*1-6H3;/q4*-1;+4. The van der Waals surface area contributed by atoms with Gasteiger partial charge in [-0.05, 0) is 0 Å². The first-order valence-electron chi connectivity index (χ1n) is 13.8. The van der Waals surface area contributed by atoms with Gasteiger partial charge in [-0.1, -0.05) is 166 Å². The van der Waals surface area contributed by atoms with E-state index in [0.29, 0.717) is 0 Å². The second kappa shape index (κ2) is 16.9. The Bertz CT molecular complexity index is 390. The van der Waals surface area contributed by atoms with Crippen LogP contribution in [0.15, 0.2) is 0 Å². The van der Waals surface area contributed by atoms with Gasteiger partial charge in [-0.15, -0.1) is 44.3 Å². The Morgan fingerprint density at radius 1 is 0.189 bits per heavy atom. The van der Waals surface area contributed by atoms with Crippen molar-refractivity contribution in [3.05, 3.63) is 21.3 Å². The molecular formula is C32H72N4Zr. The van der Waals surface area contributed by atoms with Gasteiger partial charge in [0.25, 0.3) is 0 Å². The van der Waals surface area contributed by atoms with Gasteiger partial charge in [0, 0.05) is 0 Å². The predicted octanol–water partition coefficient (Wildman–Crippen LogP) is 11.8. The zero-order chi connectivity index (χ0) is 30.8. The van der Waals surface area contributed by atoms with Gasteiger partial charge in [0.15, 0.2) is 0 Å². The molecule has 0 aromatic rings. The first-order chi connectivity index (χ1) is 14.8. The summed E-state index contributed by atoms with van der Waals surface area (Å²) < 4.78 is 0. The topological polar surface area (TPSA) is 56.4 Å². The van der Waals surface area contributed by atoms with Crippen molar-refractivity contribution in [3.63, 3.8) is 0 Å². The molecule has 0 saturated heterocycles. The Balaban J connectivity index is -0.000000122. The fourth-order valence-electron chi connectivity index (χ4n) is 4.02. The molecule has 0 fully saturated rings. The van der Waals surface area contributed by atoms with Gasteiger partial charge in [-0.25, -0.2) is 0 Å². The zero-order valence-electron chi connectivity index (χ0n) is 30.3. The predicted molar refractivity (Wildman–Crippen MR) is 171 cm³/mol. The summed E-state index contributed by atoms with van der Waals surface area (Å²) in [4.78, 5) is 0. The minimum absolute atomic E-state index is 0. The molecule has 0 saturated carbocycles. The summed E-state index contributed by atoms with van der Waals surface area (Å²) in [6, 6.07) is 0. The summed E-state index contributed by atoms with van der Waals surface area (Å²) >= 11 is 0. The Hall–Kier alpha value is 0.723. The van der Waals surface area contributed by atoms with Gasteiger partial charge >= 0.3 is 26.2 Å². The Morgan fingerprint density at radius 3 is 0.243 bits per heavy atom. The van der Waals surface area contributed by atoms with Crippen molar-refractivity contribution in [2.24, 2.45) is 0 Å². The van der Waals surface area contributed by atoms with Gasteiger partial charge in [0.05, 0.1) is 0 Å². The third-order valence-corrected chi connectivity index (χ3v) is 2.68. The van der Waals surface area contributed by atoms with Gasteiger partial charge in [-0.3, -0.25) is 0 Å². The molecule has 0 aliphatic rings. The summed E-state index contributed by atoms with van der Waals surface area (Å²) in [6.45, 7) is 51.0. The van der Waals surface area contributed by atoms with E-state index in [4.69, 9.17) is 0 Å². The minimum atomic E-state index is 0. The van der Waals surface area contributed by atoms with Crippen molar-refractivity contribution in [1.82, 2.24) is 0 Å². The fourth-order valence-corrected chi connectivity index (χ4v) is 4.02. The Morgan fingerprint density at radius 2 is 0.243 bits per heavy atom. The van der Waals surface area contributed by atoms with Crippen LogP contribution < -0.4 is 0 Å². The molecule has 5 heteroatoms. The summed E-state index contributed by atoms with van der Waals surface area (Å²) in [5.41, 5.74) is 0.875. The van der Waals surface area contributed by atoms with Gasteiger partial charge in [-0.2, -0.15) is 0 Å². The summed E-state index contributed by atoms with van der Waals surface area (Å²) in [5.74, 6) is 0. The minimum Gasteiger partial charge on any atom is -0.653 e. The monoisotopic (exact) mass is 602 g/mol. The second-order valence-electron chi connectivity index (χ2n) is 17.8. The molecule has 0 rings (SSSR count). The second-order valence-corrected chi connectivity index (χ2v) is 17.8. The van der Waals surface area contributed by atoms with Crippen LogP contribution in [-0.2, 0) is 26.2 Å². The maximum Gasteiger partial charge on any atom is 4.00 e. The van der Waals surface area contributed by atoms with E-state index in [1.807, 2.05) is 0 Å². The average molecular weight is 604 g/mol. The first kappa shape index (κ1) is 47.5. The Labute approximate surface area is 257 Å². The van der Waals surface area contributed by atoms with Crippen LogP contribution in [0.25, 0.3) is 21.3 Å². The van der Waals surface area contributed by atoms with Crippen LogP contribution in [0.2, 0.25) is 0 Å². The van der Waals surface area contributed by atoms with Gasteiger partial charge in [0.2, 0.25) is 0 Å². The maximum absolute atomic E-state index is 4.54. The summed E-state index contributed by atoms with van der Waals surface area (Å²) in [5, 5.41) is 18.2. The first-order valence-corrected chi connectivity index (χ1v) is 13.8. The number of hydrogen-bond acceptors (Lipinski definition) is 0. The van der Waals surface area contributed by atoms with Crippen molar-refractivity contribution in [3.8, 4) is 0 Å².